The smallest absolute Gasteiger partial charge is 0.332 e. The highest BCUT2D eigenvalue weighted by Gasteiger charge is 2.22. The summed E-state index contributed by atoms with van der Waals surface area (Å²) in [7, 11) is 0. The zero-order valence-electron chi connectivity index (χ0n) is 8.75. The summed E-state index contributed by atoms with van der Waals surface area (Å²) in [6.07, 6.45) is 1.38. The normalized spacial score (nSPS) is 13.2. The molecule has 16 heavy (non-hydrogen) atoms. The summed E-state index contributed by atoms with van der Waals surface area (Å²) < 4.78 is 0. The van der Waals surface area contributed by atoms with E-state index in [-0.39, 0.29) is 5.57 Å². The van der Waals surface area contributed by atoms with Gasteiger partial charge in [-0.3, -0.25) is 4.79 Å². The number of benzene rings is 1. The summed E-state index contributed by atoms with van der Waals surface area (Å²) in [5.41, 5.74) is 0.548. The minimum atomic E-state index is -1.21. The van der Waals surface area contributed by atoms with E-state index in [1.165, 1.54) is 13.0 Å². The van der Waals surface area contributed by atoms with Crippen LogP contribution in [-0.2, 0) is 9.59 Å². The van der Waals surface area contributed by atoms with E-state index < -0.39 is 17.9 Å². The molecule has 1 unspecified atom stereocenters. The molecule has 0 heterocycles. The fraction of sp³-hybridized carbons (Fsp3) is 0.167. The number of carbonyl (C=O) groups is 2. The van der Waals surface area contributed by atoms with E-state index >= 15 is 0 Å². The lowest BCUT2D eigenvalue weighted by Crippen LogP contribution is -2.18. The summed E-state index contributed by atoms with van der Waals surface area (Å²) in [6.45, 7) is 1.35. The van der Waals surface area contributed by atoms with Crippen molar-refractivity contribution in [1.29, 1.82) is 0 Å². The van der Waals surface area contributed by atoms with Gasteiger partial charge in [-0.1, -0.05) is 30.3 Å². The molecule has 1 rings (SSSR count). The molecule has 4 nitrogen and oxygen atoms in total. The van der Waals surface area contributed by atoms with Crippen molar-refractivity contribution in [3.05, 3.63) is 41.5 Å². The summed E-state index contributed by atoms with van der Waals surface area (Å²) >= 11 is 0. The summed E-state index contributed by atoms with van der Waals surface area (Å²) in [6, 6.07) is 8.76. The highest BCUT2D eigenvalue weighted by Crippen LogP contribution is 2.15. The predicted octanol–water partition coefficient (Wildman–Crippen LogP) is 1.88. The van der Waals surface area contributed by atoms with Gasteiger partial charge in [-0.15, -0.1) is 0 Å². The van der Waals surface area contributed by atoms with E-state index in [0.717, 1.165) is 0 Å². The molecule has 0 aliphatic rings. The van der Waals surface area contributed by atoms with Crippen LogP contribution in [-0.4, -0.2) is 22.2 Å². The van der Waals surface area contributed by atoms with Gasteiger partial charge < -0.3 is 10.2 Å². The Hall–Kier alpha value is -2.10. The van der Waals surface area contributed by atoms with Crippen LogP contribution >= 0.6 is 0 Å². The lowest BCUT2D eigenvalue weighted by atomic mass is 9.99. The minimum Gasteiger partial charge on any atom is -0.481 e. The van der Waals surface area contributed by atoms with Crippen LogP contribution in [0.25, 0.3) is 6.08 Å². The molecule has 0 radical (unpaired) electrons. The Balaban J connectivity index is 3.08. The van der Waals surface area contributed by atoms with E-state index in [2.05, 4.69) is 0 Å². The van der Waals surface area contributed by atoms with Crippen LogP contribution in [0.5, 0.6) is 0 Å². The first-order valence-corrected chi connectivity index (χ1v) is 4.75. The van der Waals surface area contributed by atoms with Gasteiger partial charge in [0.2, 0.25) is 0 Å². The number of carboxylic acid groups (broad SMARTS) is 2. The van der Waals surface area contributed by atoms with Crippen molar-refractivity contribution in [2.24, 2.45) is 5.92 Å². The Labute approximate surface area is 92.8 Å². The molecule has 0 spiro atoms. The number of carboxylic acids is 2. The van der Waals surface area contributed by atoms with Crippen LogP contribution in [0.1, 0.15) is 12.5 Å². The summed E-state index contributed by atoms with van der Waals surface area (Å²) in [5.74, 6) is -3.39. The highest BCUT2D eigenvalue weighted by atomic mass is 16.4. The van der Waals surface area contributed by atoms with E-state index in [1.54, 1.807) is 30.3 Å². The molecule has 0 saturated carbocycles. The Kier molecular flexibility index (Phi) is 3.83. The van der Waals surface area contributed by atoms with Gasteiger partial charge in [0.1, 0.15) is 0 Å². The molecule has 0 aliphatic heterocycles. The van der Waals surface area contributed by atoms with Crippen LogP contribution in [0.3, 0.4) is 0 Å². The molecule has 4 heteroatoms. The zero-order chi connectivity index (χ0) is 12.1. The van der Waals surface area contributed by atoms with Gasteiger partial charge in [0, 0.05) is 0 Å². The van der Waals surface area contributed by atoms with E-state index in [9.17, 15) is 9.59 Å². The lowest BCUT2D eigenvalue weighted by molar-refractivity contribution is -0.143. The molecule has 0 aliphatic carbocycles. The number of hydrogen-bond acceptors (Lipinski definition) is 2. The summed E-state index contributed by atoms with van der Waals surface area (Å²) in [5, 5.41) is 17.7. The monoisotopic (exact) mass is 220 g/mol. The maximum atomic E-state index is 10.9. The minimum absolute atomic E-state index is 0.126. The fourth-order valence-corrected chi connectivity index (χ4v) is 1.23. The molecule has 0 amide bonds. The van der Waals surface area contributed by atoms with Crippen molar-refractivity contribution >= 4 is 18.0 Å². The van der Waals surface area contributed by atoms with Crippen LogP contribution in [0, 0.1) is 5.92 Å². The third-order valence-electron chi connectivity index (χ3n) is 2.21. The maximum absolute atomic E-state index is 10.9. The molecule has 0 fully saturated rings. The van der Waals surface area contributed by atoms with Gasteiger partial charge in [0.25, 0.3) is 0 Å². The highest BCUT2D eigenvalue weighted by molar-refractivity contribution is 5.98. The van der Waals surface area contributed by atoms with Gasteiger partial charge in [0.15, 0.2) is 0 Å². The van der Waals surface area contributed by atoms with Gasteiger partial charge in [-0.25, -0.2) is 4.79 Å². The van der Waals surface area contributed by atoms with Crippen LogP contribution in [0.15, 0.2) is 35.9 Å². The average molecular weight is 220 g/mol. The average Bonchev–Trinajstić information content (AvgIpc) is 2.26. The third kappa shape index (κ3) is 2.95. The number of hydrogen-bond donors (Lipinski definition) is 2. The van der Waals surface area contributed by atoms with Gasteiger partial charge in [-0.2, -0.15) is 0 Å². The van der Waals surface area contributed by atoms with Gasteiger partial charge in [-0.05, 0) is 18.6 Å². The van der Waals surface area contributed by atoms with Crippen molar-refractivity contribution in [3.8, 4) is 0 Å². The van der Waals surface area contributed by atoms with Crippen molar-refractivity contribution in [3.63, 3.8) is 0 Å². The third-order valence-corrected chi connectivity index (χ3v) is 2.21. The van der Waals surface area contributed by atoms with Gasteiger partial charge >= 0.3 is 11.9 Å². The molecule has 1 aromatic rings. The largest absolute Gasteiger partial charge is 0.481 e. The first-order valence-electron chi connectivity index (χ1n) is 4.75. The molecule has 0 aromatic heterocycles. The van der Waals surface area contributed by atoms with Crippen LogP contribution in [0.4, 0.5) is 0 Å². The molecular formula is C12H12O4. The number of rotatable bonds is 4. The number of aliphatic carboxylic acids is 2. The predicted molar refractivity (Wildman–Crippen MR) is 58.9 cm³/mol. The molecule has 0 bridgehead atoms. The first kappa shape index (κ1) is 12.0. The van der Waals surface area contributed by atoms with E-state index in [4.69, 9.17) is 10.2 Å². The maximum Gasteiger partial charge on any atom is 0.332 e. The van der Waals surface area contributed by atoms with E-state index in [1.807, 2.05) is 0 Å². The van der Waals surface area contributed by atoms with Crippen molar-refractivity contribution in [2.75, 3.05) is 0 Å². The van der Waals surface area contributed by atoms with Crippen LogP contribution < -0.4 is 0 Å². The van der Waals surface area contributed by atoms with Crippen molar-refractivity contribution in [2.45, 2.75) is 6.92 Å². The second-order valence-corrected chi connectivity index (χ2v) is 3.38. The molecule has 1 aromatic carbocycles. The molecule has 1 atom stereocenters. The second kappa shape index (κ2) is 5.11. The lowest BCUT2D eigenvalue weighted by Gasteiger charge is -2.07. The first-order chi connectivity index (χ1) is 7.52. The Morgan fingerprint density at radius 3 is 2.19 bits per heavy atom. The van der Waals surface area contributed by atoms with Crippen molar-refractivity contribution < 1.29 is 19.8 Å². The summed E-state index contributed by atoms with van der Waals surface area (Å²) in [4.78, 5) is 21.6. The quantitative estimate of drug-likeness (QED) is 0.759. The second-order valence-electron chi connectivity index (χ2n) is 3.38. The Bertz CT molecular complexity index is 420. The SMILES string of the molecule is CC(C(=O)O)C(=Cc1ccccc1)C(=O)O. The fourth-order valence-electron chi connectivity index (χ4n) is 1.23. The molecular weight excluding hydrogens is 208 g/mol. The molecule has 84 valence electrons. The van der Waals surface area contributed by atoms with E-state index in [0.29, 0.717) is 5.56 Å². The molecule has 2 N–H and O–H groups in total. The van der Waals surface area contributed by atoms with Crippen LogP contribution in [0.2, 0.25) is 0 Å². The zero-order valence-corrected chi connectivity index (χ0v) is 8.75. The van der Waals surface area contributed by atoms with Gasteiger partial charge in [0.05, 0.1) is 11.5 Å². The Morgan fingerprint density at radius 2 is 1.75 bits per heavy atom. The molecule has 0 saturated heterocycles. The van der Waals surface area contributed by atoms with Crippen molar-refractivity contribution in [1.82, 2.24) is 0 Å². The Morgan fingerprint density at radius 1 is 1.19 bits per heavy atom. The standard InChI is InChI=1S/C12H12O4/c1-8(11(13)14)10(12(15)16)7-9-5-3-2-4-6-9/h2-8H,1H3,(H,13,14)(H,15,16). The topological polar surface area (TPSA) is 74.6 Å².